The third-order valence-corrected chi connectivity index (χ3v) is 4.70. The van der Waals surface area contributed by atoms with Gasteiger partial charge in [0.1, 0.15) is 0 Å². The van der Waals surface area contributed by atoms with Gasteiger partial charge >= 0.3 is 0 Å². The quantitative estimate of drug-likeness (QED) is 0.307. The second kappa shape index (κ2) is 7.73. The van der Waals surface area contributed by atoms with E-state index in [-0.39, 0.29) is 11.4 Å². The van der Waals surface area contributed by atoms with Crippen LogP contribution >= 0.6 is 11.3 Å². The lowest BCUT2D eigenvalue weighted by atomic mass is 10.0. The van der Waals surface area contributed by atoms with Crippen molar-refractivity contribution in [2.45, 2.75) is 6.92 Å². The summed E-state index contributed by atoms with van der Waals surface area (Å²) in [4.78, 5) is 26.6. The van der Waals surface area contributed by atoms with Gasteiger partial charge in [0, 0.05) is 16.1 Å². The number of carbonyl (C=O) groups is 2. The Bertz CT molecular complexity index is 911. The van der Waals surface area contributed by atoms with Crippen molar-refractivity contribution in [3.8, 4) is 0 Å². The number of Topliss-reactive ketones (excluding diaryl/α,β-unsaturated/α-hetero) is 1. The average molecular weight is 347 g/mol. The van der Waals surface area contributed by atoms with E-state index in [0.717, 1.165) is 10.4 Å². The first-order valence-electron chi connectivity index (χ1n) is 7.87. The highest BCUT2D eigenvalue weighted by atomic mass is 32.1. The van der Waals surface area contributed by atoms with Crippen LogP contribution in [0.3, 0.4) is 0 Å². The summed E-state index contributed by atoms with van der Waals surface area (Å²) < 4.78 is 0. The fourth-order valence-corrected chi connectivity index (χ4v) is 3.22. The number of hydrogen-bond donors (Lipinski definition) is 1. The van der Waals surface area contributed by atoms with Gasteiger partial charge in [-0.2, -0.15) is 0 Å². The fraction of sp³-hybridized carbons (Fsp3) is 0.0476. The number of ketones is 1. The van der Waals surface area contributed by atoms with Gasteiger partial charge in [0.05, 0.1) is 5.57 Å². The number of amides is 1. The molecule has 0 unspecified atom stereocenters. The maximum absolute atomic E-state index is 12.9. The van der Waals surface area contributed by atoms with E-state index < -0.39 is 5.91 Å². The van der Waals surface area contributed by atoms with Gasteiger partial charge in [0.15, 0.2) is 5.78 Å². The van der Waals surface area contributed by atoms with Crippen LogP contribution in [0, 0.1) is 6.92 Å². The highest BCUT2D eigenvalue weighted by molar-refractivity contribution is 7.11. The van der Waals surface area contributed by atoms with Crippen LogP contribution in [0.25, 0.3) is 6.08 Å². The molecule has 4 heteroatoms. The topological polar surface area (TPSA) is 46.2 Å². The molecule has 1 amide bonds. The number of nitrogens with one attached hydrogen (secondary N) is 1. The Morgan fingerprint density at radius 3 is 2.16 bits per heavy atom. The molecule has 1 aromatic heterocycles. The summed E-state index contributed by atoms with van der Waals surface area (Å²) in [6.07, 6.45) is 1.67. The first-order valence-corrected chi connectivity index (χ1v) is 8.75. The zero-order chi connectivity index (χ0) is 17.6. The van der Waals surface area contributed by atoms with E-state index in [4.69, 9.17) is 0 Å². The number of hydrogen-bond acceptors (Lipinski definition) is 3. The molecule has 0 saturated carbocycles. The summed E-state index contributed by atoms with van der Waals surface area (Å²) in [6, 6.07) is 19.9. The lowest BCUT2D eigenvalue weighted by Gasteiger charge is -2.09. The van der Waals surface area contributed by atoms with Crippen molar-refractivity contribution in [3.63, 3.8) is 0 Å². The molecule has 3 aromatic rings. The molecule has 0 radical (unpaired) electrons. The molecule has 25 heavy (non-hydrogen) atoms. The van der Waals surface area contributed by atoms with Gasteiger partial charge in [-0.25, -0.2) is 0 Å². The second-order valence-corrected chi connectivity index (χ2v) is 6.49. The maximum Gasteiger partial charge on any atom is 0.259 e. The van der Waals surface area contributed by atoms with E-state index in [1.807, 2.05) is 42.6 Å². The summed E-state index contributed by atoms with van der Waals surface area (Å²) in [5, 5.41) is 4.75. The van der Waals surface area contributed by atoms with Gasteiger partial charge in [-0.15, -0.1) is 11.3 Å². The number of rotatable bonds is 5. The maximum atomic E-state index is 12.9. The minimum Gasteiger partial charge on any atom is -0.322 e. The minimum absolute atomic E-state index is 0.126. The van der Waals surface area contributed by atoms with E-state index in [2.05, 4.69) is 5.32 Å². The van der Waals surface area contributed by atoms with Crippen LogP contribution in [0.2, 0.25) is 0 Å². The molecule has 0 saturated heterocycles. The number of thiophene rings is 1. The molecule has 0 atom stereocenters. The standard InChI is InChI=1S/C21H17NO2S/c1-15-12-13-25-19(15)14-18(20(23)16-8-4-2-5-9-16)21(24)22-17-10-6-3-7-11-17/h2-14H,1H3,(H,22,24)/b18-14+. The second-order valence-electron chi connectivity index (χ2n) is 5.54. The Balaban J connectivity index is 1.97. The highest BCUT2D eigenvalue weighted by Crippen LogP contribution is 2.22. The number of para-hydroxylation sites is 1. The smallest absolute Gasteiger partial charge is 0.259 e. The molecule has 3 rings (SSSR count). The van der Waals surface area contributed by atoms with E-state index in [9.17, 15) is 9.59 Å². The SMILES string of the molecule is Cc1ccsc1/C=C(/C(=O)Nc1ccccc1)C(=O)c1ccccc1. The van der Waals surface area contributed by atoms with Crippen LogP contribution in [0.5, 0.6) is 0 Å². The van der Waals surface area contributed by atoms with Gasteiger partial charge < -0.3 is 5.32 Å². The van der Waals surface area contributed by atoms with Crippen molar-refractivity contribution in [2.75, 3.05) is 5.32 Å². The molecular formula is C21H17NO2S. The minimum atomic E-state index is -0.409. The summed E-state index contributed by atoms with van der Waals surface area (Å²) in [5.74, 6) is -0.699. The zero-order valence-corrected chi connectivity index (χ0v) is 14.5. The lowest BCUT2D eigenvalue weighted by molar-refractivity contribution is -0.112. The summed E-state index contributed by atoms with van der Waals surface area (Å²) >= 11 is 1.51. The van der Waals surface area contributed by atoms with Crippen molar-refractivity contribution in [3.05, 3.63) is 93.7 Å². The Kier molecular flexibility index (Phi) is 5.21. The van der Waals surface area contributed by atoms with Crippen molar-refractivity contribution in [1.29, 1.82) is 0 Å². The van der Waals surface area contributed by atoms with Crippen LogP contribution < -0.4 is 5.32 Å². The summed E-state index contributed by atoms with van der Waals surface area (Å²) in [6.45, 7) is 1.96. The molecule has 0 bridgehead atoms. The van der Waals surface area contributed by atoms with Crippen molar-refractivity contribution >= 4 is 34.8 Å². The first-order chi connectivity index (χ1) is 12.1. The molecule has 1 N–H and O–H groups in total. The lowest BCUT2D eigenvalue weighted by Crippen LogP contribution is -2.20. The molecule has 0 aliphatic rings. The fourth-order valence-electron chi connectivity index (χ4n) is 2.36. The van der Waals surface area contributed by atoms with Crippen LogP contribution in [0.15, 0.2) is 77.7 Å². The largest absolute Gasteiger partial charge is 0.322 e. The molecular weight excluding hydrogens is 330 g/mol. The highest BCUT2D eigenvalue weighted by Gasteiger charge is 2.20. The van der Waals surface area contributed by atoms with Gasteiger partial charge in [-0.1, -0.05) is 48.5 Å². The average Bonchev–Trinajstić information content (AvgIpc) is 3.05. The number of aryl methyl sites for hydroxylation is 1. The van der Waals surface area contributed by atoms with Gasteiger partial charge in [-0.05, 0) is 42.1 Å². The van der Waals surface area contributed by atoms with E-state index in [1.54, 1.807) is 42.5 Å². The van der Waals surface area contributed by atoms with E-state index in [1.165, 1.54) is 11.3 Å². The van der Waals surface area contributed by atoms with Crippen LogP contribution in [0.4, 0.5) is 5.69 Å². The number of anilines is 1. The Hall–Kier alpha value is -2.98. The monoisotopic (exact) mass is 347 g/mol. The summed E-state index contributed by atoms with van der Waals surface area (Å²) in [7, 11) is 0. The van der Waals surface area contributed by atoms with Gasteiger partial charge in [-0.3, -0.25) is 9.59 Å². The van der Waals surface area contributed by atoms with Crippen molar-refractivity contribution < 1.29 is 9.59 Å². The van der Waals surface area contributed by atoms with Gasteiger partial charge in [0.2, 0.25) is 0 Å². The third-order valence-electron chi connectivity index (χ3n) is 3.73. The number of carbonyl (C=O) groups excluding carboxylic acids is 2. The third kappa shape index (κ3) is 4.11. The number of benzene rings is 2. The molecule has 0 spiro atoms. The van der Waals surface area contributed by atoms with Crippen molar-refractivity contribution in [1.82, 2.24) is 0 Å². The molecule has 0 aliphatic heterocycles. The van der Waals surface area contributed by atoms with Crippen LogP contribution in [-0.4, -0.2) is 11.7 Å². The predicted octanol–water partition coefficient (Wildman–Crippen LogP) is 4.96. The Morgan fingerprint density at radius 2 is 1.56 bits per heavy atom. The Labute approximate surface area is 150 Å². The molecule has 124 valence electrons. The summed E-state index contributed by atoms with van der Waals surface area (Å²) in [5.41, 5.74) is 2.31. The molecule has 0 aliphatic carbocycles. The van der Waals surface area contributed by atoms with Gasteiger partial charge in [0.25, 0.3) is 5.91 Å². The first kappa shape index (κ1) is 16.9. The molecule has 2 aromatic carbocycles. The molecule has 1 heterocycles. The molecule has 0 fully saturated rings. The van der Waals surface area contributed by atoms with Crippen molar-refractivity contribution in [2.24, 2.45) is 0 Å². The predicted molar refractivity (Wildman–Crippen MR) is 103 cm³/mol. The molecule has 3 nitrogen and oxygen atoms in total. The van der Waals surface area contributed by atoms with Crippen LogP contribution in [-0.2, 0) is 4.79 Å². The van der Waals surface area contributed by atoms with E-state index in [0.29, 0.717) is 11.3 Å². The zero-order valence-electron chi connectivity index (χ0n) is 13.7. The normalized spacial score (nSPS) is 11.2. The van der Waals surface area contributed by atoms with E-state index >= 15 is 0 Å². The Morgan fingerprint density at radius 1 is 0.920 bits per heavy atom. The van der Waals surface area contributed by atoms with Crippen LogP contribution in [0.1, 0.15) is 20.8 Å².